The van der Waals surface area contributed by atoms with Gasteiger partial charge in [-0.25, -0.2) is 8.42 Å². The van der Waals surface area contributed by atoms with E-state index < -0.39 is 10.0 Å². The predicted octanol–water partition coefficient (Wildman–Crippen LogP) is 1.11. The van der Waals surface area contributed by atoms with E-state index in [0.717, 1.165) is 25.9 Å². The molecule has 0 aromatic heterocycles. The van der Waals surface area contributed by atoms with Crippen LogP contribution in [-0.2, 0) is 10.0 Å². The lowest BCUT2D eigenvalue weighted by atomic mass is 9.83. The van der Waals surface area contributed by atoms with E-state index in [2.05, 4.69) is 22.0 Å². The molecule has 0 bridgehead atoms. The minimum absolute atomic E-state index is 0.105. The van der Waals surface area contributed by atoms with Crippen molar-refractivity contribution >= 4 is 15.9 Å². The first-order chi connectivity index (χ1) is 9.50. The number of sulfonamides is 1. The fourth-order valence-corrected chi connectivity index (χ4v) is 4.03. The molecule has 108 valence electrons. The van der Waals surface area contributed by atoms with Gasteiger partial charge in [-0.1, -0.05) is 19.1 Å². The molecule has 0 amide bonds. The van der Waals surface area contributed by atoms with Crippen LogP contribution in [0.15, 0.2) is 34.2 Å². The number of amidine groups is 1. The van der Waals surface area contributed by atoms with Crippen LogP contribution in [0.4, 0.5) is 0 Å². The normalized spacial score (nSPS) is 29.9. The Kier molecular flexibility index (Phi) is 3.30. The van der Waals surface area contributed by atoms with Crippen LogP contribution in [0.5, 0.6) is 0 Å². The summed E-state index contributed by atoms with van der Waals surface area (Å²) in [5, 5.41) is 3.38. The van der Waals surface area contributed by atoms with E-state index in [1.165, 1.54) is 0 Å². The molecule has 2 heterocycles. The van der Waals surface area contributed by atoms with Crippen LogP contribution in [0.2, 0.25) is 0 Å². The van der Waals surface area contributed by atoms with Gasteiger partial charge in [0.1, 0.15) is 5.84 Å². The summed E-state index contributed by atoms with van der Waals surface area (Å²) >= 11 is 0. The number of nitrogens with one attached hydrogen (secondary N) is 2. The average Bonchev–Trinajstić information content (AvgIpc) is 2.70. The minimum Gasteiger partial charge on any atom is -0.316 e. The summed E-state index contributed by atoms with van der Waals surface area (Å²) in [6.07, 6.45) is 2.26. The van der Waals surface area contributed by atoms with E-state index in [0.29, 0.717) is 22.8 Å². The number of aliphatic imine (C=N–C) groups is 1. The summed E-state index contributed by atoms with van der Waals surface area (Å²) in [6, 6.07) is 6.98. The Morgan fingerprint density at radius 1 is 1.35 bits per heavy atom. The zero-order valence-electron chi connectivity index (χ0n) is 11.5. The fourth-order valence-electron chi connectivity index (χ4n) is 2.77. The zero-order valence-corrected chi connectivity index (χ0v) is 12.3. The van der Waals surface area contributed by atoms with Crippen molar-refractivity contribution in [3.05, 3.63) is 29.8 Å². The Morgan fingerprint density at radius 2 is 2.15 bits per heavy atom. The number of piperidine rings is 1. The smallest absolute Gasteiger partial charge is 0.263 e. The summed E-state index contributed by atoms with van der Waals surface area (Å²) in [6.45, 7) is 4.81. The van der Waals surface area contributed by atoms with Crippen LogP contribution in [0.3, 0.4) is 0 Å². The third-order valence-corrected chi connectivity index (χ3v) is 5.36. The van der Waals surface area contributed by atoms with Gasteiger partial charge in [-0.2, -0.15) is 0 Å². The predicted molar refractivity (Wildman–Crippen MR) is 78.4 cm³/mol. The van der Waals surface area contributed by atoms with Crippen LogP contribution in [0, 0.1) is 5.41 Å². The van der Waals surface area contributed by atoms with Crippen molar-refractivity contribution in [2.45, 2.75) is 24.7 Å². The van der Waals surface area contributed by atoms with Crippen molar-refractivity contribution in [2.24, 2.45) is 10.4 Å². The molecule has 1 saturated heterocycles. The number of hydrogen-bond acceptors (Lipinski definition) is 4. The number of fused-ring (bicyclic) bond motifs is 1. The summed E-state index contributed by atoms with van der Waals surface area (Å²) < 4.78 is 26.5. The van der Waals surface area contributed by atoms with Crippen LogP contribution in [0.1, 0.15) is 25.3 Å². The van der Waals surface area contributed by atoms with Crippen molar-refractivity contribution in [2.75, 3.05) is 19.6 Å². The second-order valence-electron chi connectivity index (χ2n) is 5.86. The lowest BCUT2D eigenvalue weighted by Crippen LogP contribution is -2.40. The highest BCUT2D eigenvalue weighted by Gasteiger charge is 2.32. The summed E-state index contributed by atoms with van der Waals surface area (Å²) in [7, 11) is -3.42. The van der Waals surface area contributed by atoms with Crippen molar-refractivity contribution in [3.63, 3.8) is 0 Å². The highest BCUT2D eigenvalue weighted by atomic mass is 32.2. The van der Waals surface area contributed by atoms with Crippen LogP contribution in [0.25, 0.3) is 0 Å². The topological polar surface area (TPSA) is 70.6 Å². The Hall–Kier alpha value is -1.40. The molecule has 2 aliphatic rings. The van der Waals surface area contributed by atoms with Crippen LogP contribution < -0.4 is 10.0 Å². The molecule has 1 aromatic carbocycles. The van der Waals surface area contributed by atoms with Gasteiger partial charge in [-0.05, 0) is 36.9 Å². The molecule has 5 nitrogen and oxygen atoms in total. The average molecular weight is 293 g/mol. The minimum atomic E-state index is -3.42. The molecule has 1 aromatic rings. The maximum Gasteiger partial charge on any atom is 0.263 e. The lowest BCUT2D eigenvalue weighted by molar-refractivity contribution is 0.247. The van der Waals surface area contributed by atoms with E-state index in [4.69, 9.17) is 0 Å². The standard InChI is InChI=1S/C14H19N3O2S/c1-14(7-4-8-15-9-14)10-16-13-11-5-2-3-6-12(11)20(18,19)17-13/h2-3,5-6,15H,4,7-10H2,1H3,(H,16,17). The lowest BCUT2D eigenvalue weighted by Gasteiger charge is -2.32. The fraction of sp³-hybridized carbons (Fsp3) is 0.500. The molecular formula is C14H19N3O2S. The number of benzene rings is 1. The molecule has 20 heavy (non-hydrogen) atoms. The van der Waals surface area contributed by atoms with Crippen molar-refractivity contribution in [1.29, 1.82) is 0 Å². The molecule has 6 heteroatoms. The van der Waals surface area contributed by atoms with Gasteiger partial charge in [-0.3, -0.25) is 9.71 Å². The molecule has 0 spiro atoms. The van der Waals surface area contributed by atoms with Crippen LogP contribution in [-0.4, -0.2) is 33.9 Å². The van der Waals surface area contributed by atoms with Crippen molar-refractivity contribution in [3.8, 4) is 0 Å². The largest absolute Gasteiger partial charge is 0.316 e. The summed E-state index contributed by atoms with van der Waals surface area (Å²) in [4.78, 5) is 4.87. The van der Waals surface area contributed by atoms with E-state index in [1.54, 1.807) is 18.2 Å². The van der Waals surface area contributed by atoms with Gasteiger partial charge in [0.25, 0.3) is 10.0 Å². The number of nitrogens with zero attached hydrogens (tertiary/aromatic N) is 1. The molecule has 1 fully saturated rings. The molecule has 0 aliphatic carbocycles. The van der Waals surface area contributed by atoms with E-state index in [-0.39, 0.29) is 5.41 Å². The third-order valence-electron chi connectivity index (χ3n) is 3.97. The van der Waals surface area contributed by atoms with Gasteiger partial charge in [0.05, 0.1) is 4.90 Å². The molecular weight excluding hydrogens is 274 g/mol. The Balaban J connectivity index is 1.87. The van der Waals surface area contributed by atoms with Gasteiger partial charge in [0.2, 0.25) is 0 Å². The second-order valence-corrected chi connectivity index (χ2v) is 7.51. The van der Waals surface area contributed by atoms with Gasteiger partial charge in [0.15, 0.2) is 0 Å². The summed E-state index contributed by atoms with van der Waals surface area (Å²) in [5.74, 6) is 0.479. The summed E-state index contributed by atoms with van der Waals surface area (Å²) in [5.41, 5.74) is 0.786. The second kappa shape index (κ2) is 4.86. The highest BCUT2D eigenvalue weighted by Crippen LogP contribution is 2.27. The molecule has 1 unspecified atom stereocenters. The number of hydrogen-bond donors (Lipinski definition) is 2. The van der Waals surface area contributed by atoms with Gasteiger partial charge in [-0.15, -0.1) is 0 Å². The number of rotatable bonds is 2. The maximum absolute atomic E-state index is 12.0. The molecule has 1 atom stereocenters. The maximum atomic E-state index is 12.0. The zero-order chi connectivity index (χ0) is 14.2. The van der Waals surface area contributed by atoms with E-state index >= 15 is 0 Å². The van der Waals surface area contributed by atoms with Gasteiger partial charge < -0.3 is 5.32 Å². The quantitative estimate of drug-likeness (QED) is 0.858. The Morgan fingerprint density at radius 3 is 2.90 bits per heavy atom. The Labute approximate surface area is 119 Å². The monoisotopic (exact) mass is 293 g/mol. The van der Waals surface area contributed by atoms with E-state index in [9.17, 15) is 8.42 Å². The van der Waals surface area contributed by atoms with Gasteiger partial charge in [0, 0.05) is 18.7 Å². The first-order valence-corrected chi connectivity index (χ1v) is 8.36. The first kappa shape index (κ1) is 13.6. The van der Waals surface area contributed by atoms with E-state index in [1.807, 2.05) is 6.07 Å². The first-order valence-electron chi connectivity index (χ1n) is 6.88. The van der Waals surface area contributed by atoms with Crippen molar-refractivity contribution in [1.82, 2.24) is 10.0 Å². The molecule has 0 radical (unpaired) electrons. The molecule has 2 aliphatic heterocycles. The molecule has 0 saturated carbocycles. The Bertz CT molecular complexity index is 646. The molecule has 2 N–H and O–H groups in total. The SMILES string of the molecule is CC1(CN=C2NS(=O)(=O)c3ccccc32)CCCNC1. The highest BCUT2D eigenvalue weighted by molar-refractivity contribution is 7.90. The third kappa shape index (κ3) is 2.45. The molecule has 3 rings (SSSR count). The van der Waals surface area contributed by atoms with Gasteiger partial charge >= 0.3 is 0 Å². The van der Waals surface area contributed by atoms with Crippen LogP contribution >= 0.6 is 0 Å². The van der Waals surface area contributed by atoms with Crippen molar-refractivity contribution < 1.29 is 8.42 Å².